The maximum atomic E-state index is 11.6. The fourth-order valence-corrected chi connectivity index (χ4v) is 2.51. The number of carbonyl (C=O) groups excluding carboxylic acids is 1. The minimum atomic E-state index is -0.401. The van der Waals surface area contributed by atoms with E-state index in [0.717, 1.165) is 11.3 Å². The van der Waals surface area contributed by atoms with Gasteiger partial charge in [-0.05, 0) is 48.9 Å². The number of rotatable bonds is 5. The Morgan fingerprint density at radius 1 is 1.12 bits per heavy atom. The summed E-state index contributed by atoms with van der Waals surface area (Å²) >= 11 is 6.15. The molecule has 0 bridgehead atoms. The van der Waals surface area contributed by atoms with Crippen LogP contribution in [0.2, 0.25) is 5.02 Å². The Labute approximate surface area is 156 Å². The molecule has 2 aromatic carbocycles. The maximum Gasteiger partial charge on any atom is 0.337 e. The topological polar surface area (TPSA) is 76.1 Å². The first-order valence-corrected chi connectivity index (χ1v) is 8.25. The van der Waals surface area contributed by atoms with Gasteiger partial charge >= 0.3 is 5.97 Å². The van der Waals surface area contributed by atoms with Crippen molar-refractivity contribution in [1.29, 1.82) is 0 Å². The molecule has 0 saturated heterocycles. The van der Waals surface area contributed by atoms with Crippen molar-refractivity contribution in [1.82, 2.24) is 9.97 Å². The molecular weight excluding hydrogens is 352 g/mol. The van der Waals surface area contributed by atoms with Crippen LogP contribution >= 0.6 is 11.6 Å². The lowest BCUT2D eigenvalue weighted by molar-refractivity contribution is 0.0601. The highest BCUT2D eigenvalue weighted by atomic mass is 35.5. The van der Waals surface area contributed by atoms with Crippen LogP contribution in [-0.4, -0.2) is 23.0 Å². The van der Waals surface area contributed by atoms with Crippen molar-refractivity contribution in [2.75, 3.05) is 17.7 Å². The van der Waals surface area contributed by atoms with Crippen LogP contribution in [0.1, 0.15) is 15.9 Å². The van der Waals surface area contributed by atoms with Crippen molar-refractivity contribution in [3.8, 4) is 0 Å². The molecule has 0 aliphatic heterocycles. The lowest BCUT2D eigenvalue weighted by atomic mass is 10.2. The number of methoxy groups -OCH3 is 1. The Hall–Kier alpha value is -3.12. The summed E-state index contributed by atoms with van der Waals surface area (Å²) in [6, 6.07) is 14.3. The quantitative estimate of drug-likeness (QED) is 0.635. The zero-order valence-corrected chi connectivity index (χ0v) is 15.0. The van der Waals surface area contributed by atoms with E-state index in [2.05, 4.69) is 20.6 Å². The van der Waals surface area contributed by atoms with Gasteiger partial charge in [-0.3, -0.25) is 0 Å². The summed E-state index contributed by atoms with van der Waals surface area (Å²) in [6.07, 6.45) is 1.64. The summed E-state index contributed by atoms with van der Waals surface area (Å²) in [5.74, 6) is 0.620. The highest BCUT2D eigenvalue weighted by Crippen LogP contribution is 2.26. The second-order valence-electron chi connectivity index (χ2n) is 5.50. The van der Waals surface area contributed by atoms with Crippen LogP contribution in [0.4, 0.5) is 23.1 Å². The standard InChI is InChI=1S/C19H17ClN4O2/c1-12-15(20)7-4-8-16(12)23-17-9-10-21-19(24-17)22-14-6-3-5-13(11-14)18(25)26-2/h3-11H,1-2H3,(H2,21,22,23,24). The average Bonchev–Trinajstić information content (AvgIpc) is 2.65. The summed E-state index contributed by atoms with van der Waals surface area (Å²) in [6.45, 7) is 1.93. The van der Waals surface area contributed by atoms with Gasteiger partial charge in [0.05, 0.1) is 12.7 Å². The van der Waals surface area contributed by atoms with Gasteiger partial charge in [-0.1, -0.05) is 23.7 Å². The molecule has 0 aliphatic rings. The molecule has 7 heteroatoms. The molecular formula is C19H17ClN4O2. The van der Waals surface area contributed by atoms with Crippen LogP contribution in [0.5, 0.6) is 0 Å². The van der Waals surface area contributed by atoms with Crippen LogP contribution in [0, 0.1) is 6.92 Å². The number of ether oxygens (including phenoxy) is 1. The first-order valence-electron chi connectivity index (χ1n) is 7.87. The Bertz CT molecular complexity index is 946. The molecule has 1 aromatic heterocycles. The molecule has 0 amide bonds. The number of nitrogens with one attached hydrogen (secondary N) is 2. The van der Waals surface area contributed by atoms with Crippen LogP contribution < -0.4 is 10.6 Å². The number of hydrogen-bond acceptors (Lipinski definition) is 6. The van der Waals surface area contributed by atoms with E-state index in [0.29, 0.717) is 28.0 Å². The van der Waals surface area contributed by atoms with Crippen LogP contribution in [0.25, 0.3) is 0 Å². The van der Waals surface area contributed by atoms with E-state index < -0.39 is 5.97 Å². The van der Waals surface area contributed by atoms with E-state index in [4.69, 9.17) is 16.3 Å². The molecule has 1 heterocycles. The Morgan fingerprint density at radius 2 is 1.92 bits per heavy atom. The van der Waals surface area contributed by atoms with E-state index in [-0.39, 0.29) is 0 Å². The van der Waals surface area contributed by atoms with Gasteiger partial charge in [0, 0.05) is 22.6 Å². The molecule has 0 saturated carbocycles. The van der Waals surface area contributed by atoms with Gasteiger partial charge in [-0.15, -0.1) is 0 Å². The smallest absolute Gasteiger partial charge is 0.337 e. The van der Waals surface area contributed by atoms with Crippen molar-refractivity contribution in [3.63, 3.8) is 0 Å². The highest BCUT2D eigenvalue weighted by Gasteiger charge is 2.08. The second kappa shape index (κ2) is 7.84. The Balaban J connectivity index is 1.80. The van der Waals surface area contributed by atoms with Gasteiger partial charge in [-0.2, -0.15) is 4.98 Å². The molecule has 0 atom stereocenters. The Morgan fingerprint density at radius 3 is 2.73 bits per heavy atom. The molecule has 26 heavy (non-hydrogen) atoms. The largest absolute Gasteiger partial charge is 0.465 e. The number of aromatic nitrogens is 2. The fourth-order valence-electron chi connectivity index (χ4n) is 2.34. The van der Waals surface area contributed by atoms with Gasteiger partial charge < -0.3 is 15.4 Å². The third-order valence-electron chi connectivity index (χ3n) is 3.73. The molecule has 0 radical (unpaired) electrons. The SMILES string of the molecule is COC(=O)c1cccc(Nc2nccc(Nc3cccc(Cl)c3C)n2)c1. The number of halogens is 1. The minimum Gasteiger partial charge on any atom is -0.465 e. The summed E-state index contributed by atoms with van der Waals surface area (Å²) in [5.41, 5.74) is 2.94. The third-order valence-corrected chi connectivity index (χ3v) is 4.14. The van der Waals surface area contributed by atoms with Crippen LogP contribution in [0.3, 0.4) is 0 Å². The lowest BCUT2D eigenvalue weighted by Gasteiger charge is -2.11. The van der Waals surface area contributed by atoms with Crippen molar-refractivity contribution >= 4 is 40.7 Å². The van der Waals surface area contributed by atoms with E-state index in [9.17, 15) is 4.79 Å². The van der Waals surface area contributed by atoms with Crippen molar-refractivity contribution in [2.24, 2.45) is 0 Å². The van der Waals surface area contributed by atoms with Gasteiger partial charge in [-0.25, -0.2) is 9.78 Å². The van der Waals surface area contributed by atoms with E-state index in [1.807, 2.05) is 31.2 Å². The van der Waals surface area contributed by atoms with Crippen LogP contribution in [0.15, 0.2) is 54.7 Å². The number of hydrogen-bond donors (Lipinski definition) is 2. The molecule has 0 unspecified atom stereocenters. The zero-order valence-electron chi connectivity index (χ0n) is 14.3. The van der Waals surface area contributed by atoms with Gasteiger partial charge in [0.2, 0.25) is 5.95 Å². The normalized spacial score (nSPS) is 10.3. The minimum absolute atomic E-state index is 0.400. The monoisotopic (exact) mass is 368 g/mol. The van der Waals surface area contributed by atoms with Gasteiger partial charge in [0.25, 0.3) is 0 Å². The molecule has 6 nitrogen and oxygen atoms in total. The number of esters is 1. The second-order valence-corrected chi connectivity index (χ2v) is 5.91. The predicted octanol–water partition coefficient (Wildman–Crippen LogP) is 4.71. The van der Waals surface area contributed by atoms with Crippen LogP contribution in [-0.2, 0) is 4.74 Å². The summed E-state index contributed by atoms with van der Waals surface area (Å²) in [7, 11) is 1.35. The van der Waals surface area contributed by atoms with E-state index >= 15 is 0 Å². The van der Waals surface area contributed by atoms with E-state index in [1.54, 1.807) is 30.5 Å². The molecule has 132 valence electrons. The van der Waals surface area contributed by atoms with Crippen molar-refractivity contribution in [3.05, 3.63) is 70.9 Å². The Kier molecular flexibility index (Phi) is 5.34. The first kappa shape index (κ1) is 17.7. The number of benzene rings is 2. The molecule has 0 spiro atoms. The van der Waals surface area contributed by atoms with Crippen molar-refractivity contribution < 1.29 is 9.53 Å². The summed E-state index contributed by atoms with van der Waals surface area (Å²) in [4.78, 5) is 20.3. The predicted molar refractivity (Wildman–Crippen MR) is 103 cm³/mol. The molecule has 3 aromatic rings. The average molecular weight is 369 g/mol. The lowest BCUT2D eigenvalue weighted by Crippen LogP contribution is -2.04. The summed E-state index contributed by atoms with van der Waals surface area (Å²) in [5, 5.41) is 6.99. The fraction of sp³-hybridized carbons (Fsp3) is 0.105. The molecule has 2 N–H and O–H groups in total. The van der Waals surface area contributed by atoms with Crippen molar-refractivity contribution in [2.45, 2.75) is 6.92 Å². The number of nitrogens with zero attached hydrogens (tertiary/aromatic N) is 2. The zero-order chi connectivity index (χ0) is 18.5. The maximum absolute atomic E-state index is 11.6. The van der Waals surface area contributed by atoms with E-state index in [1.165, 1.54) is 7.11 Å². The number of carbonyl (C=O) groups is 1. The third kappa shape index (κ3) is 4.10. The van der Waals surface area contributed by atoms with Gasteiger partial charge in [0.1, 0.15) is 5.82 Å². The molecule has 3 rings (SSSR count). The van der Waals surface area contributed by atoms with Gasteiger partial charge in [0.15, 0.2) is 0 Å². The number of anilines is 4. The molecule has 0 aliphatic carbocycles. The summed E-state index contributed by atoms with van der Waals surface area (Å²) < 4.78 is 4.73. The highest BCUT2D eigenvalue weighted by molar-refractivity contribution is 6.31. The molecule has 0 fully saturated rings. The first-order chi connectivity index (χ1) is 12.6.